The number of hydrogen-bond donors (Lipinski definition) is 2. The third kappa shape index (κ3) is 5.74. The van der Waals surface area contributed by atoms with Gasteiger partial charge < -0.3 is 15.2 Å². The van der Waals surface area contributed by atoms with Gasteiger partial charge in [-0.05, 0) is 70.1 Å². The molecule has 6 nitrogen and oxygen atoms in total. The summed E-state index contributed by atoms with van der Waals surface area (Å²) in [6.45, 7) is 0. The zero-order chi connectivity index (χ0) is 23.2. The number of rotatable bonds is 7. The maximum absolute atomic E-state index is 12.7. The first-order valence-electron chi connectivity index (χ1n) is 10.3. The number of aliphatic hydroxyl groups excluding tert-OH is 1. The van der Waals surface area contributed by atoms with E-state index in [-0.39, 0.29) is 23.8 Å². The summed E-state index contributed by atoms with van der Waals surface area (Å²) in [4.78, 5) is 21.9. The molecule has 1 atom stereocenters. The lowest BCUT2D eigenvalue weighted by Gasteiger charge is -2.16. The lowest BCUT2D eigenvalue weighted by molar-refractivity contribution is -0.115. The van der Waals surface area contributed by atoms with E-state index in [2.05, 4.69) is 37.9 Å². The second-order valence-electron chi connectivity index (χ2n) is 7.38. The summed E-state index contributed by atoms with van der Waals surface area (Å²) in [6.07, 6.45) is 0.731. The largest absolute Gasteiger partial charge is 0.497 e. The summed E-state index contributed by atoms with van der Waals surface area (Å²) in [5.74, 6) is 0.735. The fourth-order valence-electron chi connectivity index (χ4n) is 3.35. The Labute approximate surface area is 205 Å². The number of hydrogen-bond acceptors (Lipinski definition) is 5. The molecule has 4 aromatic rings. The van der Waals surface area contributed by atoms with Crippen molar-refractivity contribution < 1.29 is 14.6 Å². The average molecular weight is 551 g/mol. The number of aromatic nitrogens is 2. The van der Waals surface area contributed by atoms with Crippen LogP contribution in [0.4, 0.5) is 5.82 Å². The number of benzene rings is 3. The molecule has 0 radical (unpaired) electrons. The van der Waals surface area contributed by atoms with Crippen molar-refractivity contribution in [3.8, 4) is 17.0 Å². The second kappa shape index (κ2) is 10.5. The molecule has 4 rings (SSSR count). The van der Waals surface area contributed by atoms with E-state index in [0.29, 0.717) is 11.3 Å². The van der Waals surface area contributed by atoms with Gasteiger partial charge in [0.1, 0.15) is 17.5 Å². The van der Waals surface area contributed by atoms with E-state index in [1.54, 1.807) is 13.3 Å². The fourth-order valence-corrected chi connectivity index (χ4v) is 3.71. The molecule has 7 heteroatoms. The molecule has 0 aliphatic heterocycles. The minimum absolute atomic E-state index is 0.194. The molecule has 166 valence electrons. The van der Waals surface area contributed by atoms with Gasteiger partial charge in [-0.25, -0.2) is 9.97 Å². The van der Waals surface area contributed by atoms with Crippen molar-refractivity contribution in [2.45, 2.75) is 12.5 Å². The standard InChI is InChI=1S/C26H22IN3O3/c1-33-21-13-9-18(10-14-21)22-16-28-26(24(29-22)25(32)19-5-3-2-4-6-19)30-23(31)15-17-7-11-20(27)12-8-17/h2-14,16,25,32H,15H2,1H3,(H,28,30,31). The van der Waals surface area contributed by atoms with E-state index in [4.69, 9.17) is 4.74 Å². The first-order chi connectivity index (χ1) is 16.0. The Balaban J connectivity index is 1.65. The molecule has 0 bridgehead atoms. The van der Waals surface area contributed by atoms with Crippen LogP contribution in [0.15, 0.2) is 85.1 Å². The average Bonchev–Trinajstić information content (AvgIpc) is 2.86. The van der Waals surface area contributed by atoms with Crippen molar-refractivity contribution in [2.24, 2.45) is 0 Å². The number of nitrogens with one attached hydrogen (secondary N) is 1. The summed E-state index contributed by atoms with van der Waals surface area (Å²) < 4.78 is 6.32. The van der Waals surface area contributed by atoms with Gasteiger partial charge >= 0.3 is 0 Å². The van der Waals surface area contributed by atoms with Gasteiger partial charge in [-0.2, -0.15) is 0 Å². The summed E-state index contributed by atoms with van der Waals surface area (Å²) in [5.41, 5.74) is 3.23. The number of methoxy groups -OCH3 is 1. The van der Waals surface area contributed by atoms with E-state index in [1.165, 1.54) is 0 Å². The van der Waals surface area contributed by atoms with Gasteiger partial charge in [-0.15, -0.1) is 0 Å². The van der Waals surface area contributed by atoms with Gasteiger partial charge in [-0.3, -0.25) is 4.79 Å². The minimum atomic E-state index is -1.05. The molecule has 0 spiro atoms. The van der Waals surface area contributed by atoms with E-state index < -0.39 is 6.10 Å². The number of anilines is 1. The summed E-state index contributed by atoms with van der Waals surface area (Å²) >= 11 is 2.22. The van der Waals surface area contributed by atoms with E-state index in [9.17, 15) is 9.90 Å². The first kappa shape index (κ1) is 22.9. The second-order valence-corrected chi connectivity index (χ2v) is 8.63. The number of ether oxygens (including phenoxy) is 1. The van der Waals surface area contributed by atoms with Crippen LogP contribution < -0.4 is 10.1 Å². The summed E-state index contributed by atoms with van der Waals surface area (Å²) in [7, 11) is 1.61. The van der Waals surface area contributed by atoms with E-state index in [1.807, 2.05) is 78.9 Å². The highest BCUT2D eigenvalue weighted by molar-refractivity contribution is 14.1. The predicted octanol–water partition coefficient (Wildman–Crippen LogP) is 5.02. The van der Waals surface area contributed by atoms with E-state index in [0.717, 1.165) is 20.4 Å². The van der Waals surface area contributed by atoms with Gasteiger partial charge in [-0.1, -0.05) is 42.5 Å². The molecule has 1 amide bonds. The molecule has 0 aliphatic carbocycles. The van der Waals surface area contributed by atoms with Gasteiger partial charge in [0.15, 0.2) is 5.82 Å². The van der Waals surface area contributed by atoms with Gasteiger partial charge in [0.2, 0.25) is 5.91 Å². The Morgan fingerprint density at radius 1 is 1.03 bits per heavy atom. The molecule has 0 aliphatic rings. The van der Waals surface area contributed by atoms with Crippen molar-refractivity contribution >= 4 is 34.3 Å². The summed E-state index contributed by atoms with van der Waals surface area (Å²) in [5, 5.41) is 13.9. The Bertz CT molecular complexity index is 1230. The Morgan fingerprint density at radius 3 is 2.39 bits per heavy atom. The Kier molecular flexibility index (Phi) is 7.31. The Hall–Kier alpha value is -3.30. The number of nitrogens with zero attached hydrogens (tertiary/aromatic N) is 2. The number of halogens is 1. The van der Waals surface area contributed by atoms with Crippen LogP contribution in [0.3, 0.4) is 0 Å². The zero-order valence-corrected chi connectivity index (χ0v) is 20.1. The lowest BCUT2D eigenvalue weighted by Crippen LogP contribution is -2.19. The highest BCUT2D eigenvalue weighted by Gasteiger charge is 2.20. The number of carbonyl (C=O) groups is 1. The van der Waals surface area contributed by atoms with Crippen LogP contribution in [0.25, 0.3) is 11.3 Å². The fraction of sp³-hybridized carbons (Fsp3) is 0.115. The molecule has 33 heavy (non-hydrogen) atoms. The van der Waals surface area contributed by atoms with Crippen LogP contribution in [0.1, 0.15) is 22.9 Å². The lowest BCUT2D eigenvalue weighted by atomic mass is 10.1. The van der Waals surface area contributed by atoms with Crippen molar-refractivity contribution in [3.63, 3.8) is 0 Å². The number of amides is 1. The third-order valence-electron chi connectivity index (χ3n) is 5.10. The molecule has 1 aromatic heterocycles. The molecule has 2 N–H and O–H groups in total. The quantitative estimate of drug-likeness (QED) is 0.316. The van der Waals surface area contributed by atoms with Crippen molar-refractivity contribution in [1.29, 1.82) is 0 Å². The SMILES string of the molecule is COc1ccc(-c2cnc(NC(=O)Cc3ccc(I)cc3)c(C(O)c3ccccc3)n2)cc1. The maximum Gasteiger partial charge on any atom is 0.229 e. The predicted molar refractivity (Wildman–Crippen MR) is 136 cm³/mol. The summed E-state index contributed by atoms with van der Waals surface area (Å²) in [6, 6.07) is 24.3. The Morgan fingerprint density at radius 2 is 1.73 bits per heavy atom. The molecule has 1 unspecified atom stereocenters. The van der Waals surface area contributed by atoms with E-state index >= 15 is 0 Å². The van der Waals surface area contributed by atoms with Crippen LogP contribution in [0.5, 0.6) is 5.75 Å². The number of aliphatic hydroxyl groups is 1. The topological polar surface area (TPSA) is 84.3 Å². The molecule has 0 saturated heterocycles. The van der Waals surface area contributed by atoms with Gasteiger partial charge in [0, 0.05) is 9.13 Å². The first-order valence-corrected chi connectivity index (χ1v) is 11.4. The van der Waals surface area contributed by atoms with Crippen LogP contribution in [-0.4, -0.2) is 28.1 Å². The molecule has 0 fully saturated rings. The maximum atomic E-state index is 12.7. The smallest absolute Gasteiger partial charge is 0.229 e. The number of carbonyl (C=O) groups excluding carboxylic acids is 1. The van der Waals surface area contributed by atoms with Crippen LogP contribution in [0.2, 0.25) is 0 Å². The highest BCUT2D eigenvalue weighted by atomic mass is 127. The monoisotopic (exact) mass is 551 g/mol. The van der Waals surface area contributed by atoms with Crippen LogP contribution in [-0.2, 0) is 11.2 Å². The van der Waals surface area contributed by atoms with Crippen molar-refractivity contribution in [3.05, 3.63) is 105 Å². The zero-order valence-electron chi connectivity index (χ0n) is 17.9. The van der Waals surface area contributed by atoms with Crippen molar-refractivity contribution in [1.82, 2.24) is 9.97 Å². The van der Waals surface area contributed by atoms with Gasteiger partial charge in [0.25, 0.3) is 0 Å². The third-order valence-corrected chi connectivity index (χ3v) is 5.81. The minimum Gasteiger partial charge on any atom is -0.497 e. The highest BCUT2D eigenvalue weighted by Crippen LogP contribution is 2.29. The van der Waals surface area contributed by atoms with Crippen LogP contribution >= 0.6 is 22.6 Å². The van der Waals surface area contributed by atoms with Crippen molar-refractivity contribution in [2.75, 3.05) is 12.4 Å². The van der Waals surface area contributed by atoms with Crippen LogP contribution in [0, 0.1) is 3.57 Å². The molecular weight excluding hydrogens is 529 g/mol. The van der Waals surface area contributed by atoms with Gasteiger partial charge in [0.05, 0.1) is 25.4 Å². The molecule has 3 aromatic carbocycles. The molecule has 0 saturated carbocycles. The normalized spacial score (nSPS) is 11.6. The molecular formula is C26H22IN3O3. The molecule has 1 heterocycles.